The van der Waals surface area contributed by atoms with E-state index in [0.717, 1.165) is 22.4 Å². The summed E-state index contributed by atoms with van der Waals surface area (Å²) in [6, 6.07) is 4.00. The van der Waals surface area contributed by atoms with Gasteiger partial charge in [-0.15, -0.1) is 0 Å². The molecular formula is C15H22O3. The summed E-state index contributed by atoms with van der Waals surface area (Å²) in [5.74, 6) is 0.643. The molecule has 0 saturated heterocycles. The van der Waals surface area contributed by atoms with Crippen molar-refractivity contribution in [3.05, 3.63) is 28.8 Å². The molecule has 100 valence electrons. The minimum Gasteiger partial charge on any atom is -0.496 e. The van der Waals surface area contributed by atoms with E-state index in [9.17, 15) is 4.79 Å². The molecule has 0 aliphatic rings. The van der Waals surface area contributed by atoms with Crippen LogP contribution in [-0.2, 0) is 9.53 Å². The lowest BCUT2D eigenvalue weighted by Gasteiger charge is -2.22. The van der Waals surface area contributed by atoms with Gasteiger partial charge in [0.15, 0.2) is 0 Å². The van der Waals surface area contributed by atoms with Crippen LogP contribution in [0, 0.1) is 19.8 Å². The third kappa shape index (κ3) is 2.84. The summed E-state index contributed by atoms with van der Waals surface area (Å²) in [6.45, 7) is 8.03. The SMILES string of the molecule is COC(=O)C(c1cc(C)c(OC)cc1C)C(C)C. The van der Waals surface area contributed by atoms with Gasteiger partial charge < -0.3 is 9.47 Å². The van der Waals surface area contributed by atoms with Crippen LogP contribution in [0.3, 0.4) is 0 Å². The van der Waals surface area contributed by atoms with Gasteiger partial charge in [0.25, 0.3) is 0 Å². The van der Waals surface area contributed by atoms with Gasteiger partial charge in [-0.3, -0.25) is 4.79 Å². The summed E-state index contributed by atoms with van der Waals surface area (Å²) in [7, 11) is 3.09. The zero-order chi connectivity index (χ0) is 13.9. The van der Waals surface area contributed by atoms with Crippen molar-refractivity contribution in [3.63, 3.8) is 0 Å². The number of methoxy groups -OCH3 is 2. The molecule has 3 nitrogen and oxygen atoms in total. The van der Waals surface area contributed by atoms with E-state index in [4.69, 9.17) is 9.47 Å². The quantitative estimate of drug-likeness (QED) is 0.770. The number of hydrogen-bond donors (Lipinski definition) is 0. The smallest absolute Gasteiger partial charge is 0.313 e. The summed E-state index contributed by atoms with van der Waals surface area (Å²) in [5, 5.41) is 0. The van der Waals surface area contributed by atoms with Crippen molar-refractivity contribution in [2.75, 3.05) is 14.2 Å². The molecular weight excluding hydrogens is 228 g/mol. The van der Waals surface area contributed by atoms with Gasteiger partial charge in [-0.05, 0) is 42.5 Å². The lowest BCUT2D eigenvalue weighted by Crippen LogP contribution is -2.20. The average molecular weight is 250 g/mol. The first-order valence-electron chi connectivity index (χ1n) is 6.15. The Morgan fingerprint density at radius 2 is 1.72 bits per heavy atom. The minimum absolute atomic E-state index is 0.183. The van der Waals surface area contributed by atoms with Crippen molar-refractivity contribution in [1.29, 1.82) is 0 Å². The monoisotopic (exact) mass is 250 g/mol. The van der Waals surface area contributed by atoms with Crippen LogP contribution in [0.5, 0.6) is 5.75 Å². The maximum Gasteiger partial charge on any atom is 0.313 e. The summed E-state index contributed by atoms with van der Waals surface area (Å²) < 4.78 is 10.2. The lowest BCUT2D eigenvalue weighted by atomic mass is 9.85. The molecule has 1 unspecified atom stereocenters. The Morgan fingerprint density at radius 1 is 1.11 bits per heavy atom. The van der Waals surface area contributed by atoms with E-state index in [0.29, 0.717) is 0 Å². The molecule has 1 rings (SSSR count). The lowest BCUT2D eigenvalue weighted by molar-refractivity contribution is -0.143. The first-order chi connectivity index (χ1) is 8.42. The van der Waals surface area contributed by atoms with Crippen LogP contribution in [0.15, 0.2) is 12.1 Å². The van der Waals surface area contributed by atoms with Gasteiger partial charge in [0.05, 0.1) is 20.1 Å². The summed E-state index contributed by atoms with van der Waals surface area (Å²) in [4.78, 5) is 11.9. The predicted molar refractivity (Wildman–Crippen MR) is 72.1 cm³/mol. The molecule has 0 aromatic heterocycles. The van der Waals surface area contributed by atoms with Gasteiger partial charge in [-0.25, -0.2) is 0 Å². The van der Waals surface area contributed by atoms with Crippen LogP contribution in [0.25, 0.3) is 0 Å². The number of benzene rings is 1. The predicted octanol–water partition coefficient (Wildman–Crippen LogP) is 3.22. The molecule has 0 aliphatic heterocycles. The van der Waals surface area contributed by atoms with Crippen molar-refractivity contribution in [2.45, 2.75) is 33.6 Å². The number of carbonyl (C=O) groups excluding carboxylic acids is 1. The van der Waals surface area contributed by atoms with Crippen LogP contribution < -0.4 is 4.74 Å². The fourth-order valence-corrected chi connectivity index (χ4v) is 2.25. The highest BCUT2D eigenvalue weighted by atomic mass is 16.5. The molecule has 0 fully saturated rings. The first kappa shape index (κ1) is 14.6. The maximum absolute atomic E-state index is 11.9. The number of esters is 1. The van der Waals surface area contributed by atoms with Gasteiger partial charge in [0, 0.05) is 0 Å². The number of hydrogen-bond acceptors (Lipinski definition) is 3. The molecule has 0 bridgehead atoms. The molecule has 0 aliphatic carbocycles. The fraction of sp³-hybridized carbons (Fsp3) is 0.533. The Balaban J connectivity index is 3.29. The number of ether oxygens (including phenoxy) is 2. The second-order valence-electron chi connectivity index (χ2n) is 4.92. The molecule has 0 saturated carbocycles. The second kappa shape index (κ2) is 5.89. The Hall–Kier alpha value is -1.51. The molecule has 0 amide bonds. The van der Waals surface area contributed by atoms with Crippen LogP contribution >= 0.6 is 0 Å². The molecule has 0 spiro atoms. The Bertz CT molecular complexity index is 436. The highest BCUT2D eigenvalue weighted by Gasteiger charge is 2.27. The normalized spacial score (nSPS) is 12.4. The van der Waals surface area contributed by atoms with Gasteiger partial charge in [-0.1, -0.05) is 19.9 Å². The van der Waals surface area contributed by atoms with E-state index in [1.165, 1.54) is 7.11 Å². The molecule has 1 aromatic carbocycles. The third-order valence-electron chi connectivity index (χ3n) is 3.24. The summed E-state index contributed by atoms with van der Waals surface area (Å²) in [5.41, 5.74) is 3.12. The fourth-order valence-electron chi connectivity index (χ4n) is 2.25. The van der Waals surface area contributed by atoms with Crippen LogP contribution in [0.4, 0.5) is 0 Å². The van der Waals surface area contributed by atoms with E-state index in [1.54, 1.807) is 7.11 Å². The average Bonchev–Trinajstić information content (AvgIpc) is 2.32. The highest BCUT2D eigenvalue weighted by Crippen LogP contribution is 2.32. The maximum atomic E-state index is 11.9. The van der Waals surface area contributed by atoms with Gasteiger partial charge >= 0.3 is 5.97 Å². The first-order valence-corrected chi connectivity index (χ1v) is 6.15. The number of carbonyl (C=O) groups is 1. The van der Waals surface area contributed by atoms with E-state index in [2.05, 4.69) is 0 Å². The summed E-state index contributed by atoms with van der Waals surface area (Å²) >= 11 is 0. The molecule has 0 N–H and O–H groups in total. The van der Waals surface area contributed by atoms with E-state index in [1.807, 2.05) is 39.8 Å². The van der Waals surface area contributed by atoms with Gasteiger partial charge in [0.2, 0.25) is 0 Å². The third-order valence-corrected chi connectivity index (χ3v) is 3.24. The topological polar surface area (TPSA) is 35.5 Å². The summed E-state index contributed by atoms with van der Waals surface area (Å²) in [6.07, 6.45) is 0. The Labute approximate surface area is 109 Å². The van der Waals surface area contributed by atoms with Crippen molar-refractivity contribution in [2.24, 2.45) is 5.92 Å². The van der Waals surface area contributed by atoms with Crippen molar-refractivity contribution < 1.29 is 14.3 Å². The molecule has 18 heavy (non-hydrogen) atoms. The zero-order valence-electron chi connectivity index (χ0n) is 12.0. The largest absolute Gasteiger partial charge is 0.496 e. The molecule has 0 radical (unpaired) electrons. The standard InChI is InChI=1S/C15H22O3/c1-9(2)14(15(16)18-6)12-7-11(4)13(17-5)8-10(12)3/h7-9,14H,1-6H3. The molecule has 3 heteroatoms. The van der Waals surface area contributed by atoms with Gasteiger partial charge in [0.1, 0.15) is 5.75 Å². The molecule has 1 atom stereocenters. The molecule has 0 heterocycles. The number of rotatable bonds is 4. The van der Waals surface area contributed by atoms with Crippen molar-refractivity contribution >= 4 is 5.97 Å². The minimum atomic E-state index is -0.223. The highest BCUT2D eigenvalue weighted by molar-refractivity contribution is 5.79. The van der Waals surface area contributed by atoms with Crippen molar-refractivity contribution in [3.8, 4) is 5.75 Å². The van der Waals surface area contributed by atoms with E-state index < -0.39 is 0 Å². The van der Waals surface area contributed by atoms with E-state index >= 15 is 0 Å². The van der Waals surface area contributed by atoms with Crippen molar-refractivity contribution in [1.82, 2.24) is 0 Å². The Morgan fingerprint density at radius 3 is 2.17 bits per heavy atom. The van der Waals surface area contributed by atoms with Gasteiger partial charge in [-0.2, -0.15) is 0 Å². The van der Waals surface area contributed by atoms with Crippen LogP contribution in [0.1, 0.15) is 36.5 Å². The molecule has 1 aromatic rings. The Kier molecular flexibility index (Phi) is 4.76. The zero-order valence-corrected chi connectivity index (χ0v) is 12.0. The van der Waals surface area contributed by atoms with E-state index in [-0.39, 0.29) is 17.8 Å². The second-order valence-corrected chi connectivity index (χ2v) is 4.92. The number of aryl methyl sites for hydroxylation is 2. The van der Waals surface area contributed by atoms with Crippen LogP contribution in [-0.4, -0.2) is 20.2 Å². The van der Waals surface area contributed by atoms with Crippen LogP contribution in [0.2, 0.25) is 0 Å².